The van der Waals surface area contributed by atoms with Crippen LogP contribution in [0.4, 0.5) is 0 Å². The largest absolute Gasteiger partial charge is 0.357 e. The fourth-order valence-corrected chi connectivity index (χ4v) is 3.89. The number of nitrogens with one attached hydrogen (secondary N) is 2. The summed E-state index contributed by atoms with van der Waals surface area (Å²) in [5, 5.41) is 7.19. The van der Waals surface area contributed by atoms with Crippen LogP contribution < -0.4 is 10.6 Å². The lowest BCUT2D eigenvalue weighted by molar-refractivity contribution is 0.413. The van der Waals surface area contributed by atoms with Gasteiger partial charge >= 0.3 is 0 Å². The highest BCUT2D eigenvalue weighted by atomic mass is 127. The van der Waals surface area contributed by atoms with Crippen molar-refractivity contribution in [1.29, 1.82) is 0 Å². The molecule has 0 radical (unpaired) electrons. The molecule has 0 bridgehead atoms. The number of hydrogen-bond donors (Lipinski definition) is 2. The van der Waals surface area contributed by atoms with Crippen molar-refractivity contribution in [2.75, 3.05) is 18.8 Å². The van der Waals surface area contributed by atoms with Gasteiger partial charge in [0.2, 0.25) is 0 Å². The fraction of sp³-hybridized carbons (Fsp3) is 0.933. The maximum absolute atomic E-state index is 12.0. The Hall–Kier alpha value is 0.150. The summed E-state index contributed by atoms with van der Waals surface area (Å²) in [6.45, 7) is 10.2. The minimum Gasteiger partial charge on any atom is -0.357 e. The zero-order valence-electron chi connectivity index (χ0n) is 13.9. The van der Waals surface area contributed by atoms with E-state index in [-0.39, 0.29) is 24.0 Å². The Morgan fingerprint density at radius 2 is 2.05 bits per heavy atom. The molecule has 1 aliphatic carbocycles. The van der Waals surface area contributed by atoms with Crippen LogP contribution in [-0.4, -0.2) is 40.3 Å². The van der Waals surface area contributed by atoms with Crippen LogP contribution in [0.1, 0.15) is 53.4 Å². The maximum Gasteiger partial charge on any atom is 0.191 e. The number of aliphatic imine (C=N–C) groups is 1. The molecule has 3 unspecified atom stereocenters. The second-order valence-corrected chi connectivity index (χ2v) is 7.92. The lowest BCUT2D eigenvalue weighted by Crippen LogP contribution is -2.46. The Morgan fingerprint density at radius 1 is 1.33 bits per heavy atom. The van der Waals surface area contributed by atoms with E-state index >= 15 is 0 Å². The number of rotatable bonds is 6. The first kappa shape index (κ1) is 21.1. The van der Waals surface area contributed by atoms with Gasteiger partial charge in [-0.15, -0.1) is 24.0 Å². The molecule has 21 heavy (non-hydrogen) atoms. The summed E-state index contributed by atoms with van der Waals surface area (Å²) in [7, 11) is -0.664. The first-order valence-electron chi connectivity index (χ1n) is 7.98. The van der Waals surface area contributed by atoms with Gasteiger partial charge in [0.25, 0.3) is 0 Å². The Bertz CT molecular complexity index is 337. The molecule has 2 N–H and O–H groups in total. The molecule has 1 fully saturated rings. The van der Waals surface area contributed by atoms with E-state index in [2.05, 4.69) is 36.4 Å². The van der Waals surface area contributed by atoms with Crippen molar-refractivity contribution in [2.24, 2.45) is 10.9 Å². The Kier molecular flexibility index (Phi) is 11.8. The molecule has 0 amide bonds. The van der Waals surface area contributed by atoms with Gasteiger partial charge in [-0.1, -0.05) is 27.2 Å². The van der Waals surface area contributed by atoms with Gasteiger partial charge in [-0.05, 0) is 32.1 Å². The van der Waals surface area contributed by atoms with E-state index in [0.29, 0.717) is 17.2 Å². The van der Waals surface area contributed by atoms with E-state index in [0.717, 1.165) is 50.5 Å². The third-order valence-corrected chi connectivity index (χ3v) is 5.32. The van der Waals surface area contributed by atoms with E-state index in [1.54, 1.807) is 0 Å². The third-order valence-electron chi connectivity index (χ3n) is 3.58. The summed E-state index contributed by atoms with van der Waals surface area (Å²) in [5.74, 6) is 2.25. The minimum absolute atomic E-state index is 0. The van der Waals surface area contributed by atoms with Crippen molar-refractivity contribution in [2.45, 2.75) is 64.7 Å². The smallest absolute Gasteiger partial charge is 0.191 e. The third kappa shape index (κ3) is 8.38. The van der Waals surface area contributed by atoms with Crippen LogP contribution in [0.15, 0.2) is 4.99 Å². The highest BCUT2D eigenvalue weighted by Gasteiger charge is 2.25. The van der Waals surface area contributed by atoms with Gasteiger partial charge < -0.3 is 10.6 Å². The van der Waals surface area contributed by atoms with E-state index in [9.17, 15) is 4.21 Å². The Morgan fingerprint density at radius 3 is 2.62 bits per heavy atom. The van der Waals surface area contributed by atoms with Crippen LogP contribution in [0.5, 0.6) is 0 Å². The molecule has 0 aliphatic heterocycles. The predicted octanol–water partition coefficient (Wildman–Crippen LogP) is 2.90. The van der Waals surface area contributed by atoms with Crippen molar-refractivity contribution in [3.8, 4) is 0 Å². The fourth-order valence-electron chi connectivity index (χ4n) is 2.54. The predicted molar refractivity (Wildman–Crippen MR) is 104 cm³/mol. The van der Waals surface area contributed by atoms with Gasteiger partial charge in [0.1, 0.15) is 0 Å². The van der Waals surface area contributed by atoms with Gasteiger partial charge in [-0.2, -0.15) is 0 Å². The number of guanidine groups is 1. The molecule has 0 spiro atoms. The van der Waals surface area contributed by atoms with Crippen LogP contribution in [0.2, 0.25) is 0 Å². The lowest BCUT2D eigenvalue weighted by Gasteiger charge is -2.30. The van der Waals surface area contributed by atoms with Gasteiger partial charge in [0.15, 0.2) is 5.96 Å². The average Bonchev–Trinajstić information content (AvgIpc) is 2.44. The van der Waals surface area contributed by atoms with E-state index in [1.807, 2.05) is 6.92 Å². The van der Waals surface area contributed by atoms with Gasteiger partial charge in [-0.25, -0.2) is 0 Å². The molecule has 126 valence electrons. The molecular formula is C15H32IN3OS. The zero-order valence-corrected chi connectivity index (χ0v) is 17.0. The van der Waals surface area contributed by atoms with Crippen molar-refractivity contribution in [3.05, 3.63) is 0 Å². The molecule has 1 rings (SSSR count). The Labute approximate surface area is 149 Å². The minimum atomic E-state index is -0.664. The average molecular weight is 429 g/mol. The monoisotopic (exact) mass is 429 g/mol. The zero-order chi connectivity index (χ0) is 15.0. The molecule has 4 nitrogen and oxygen atoms in total. The second-order valence-electron chi connectivity index (χ2n) is 5.91. The molecule has 0 aromatic rings. The summed E-state index contributed by atoms with van der Waals surface area (Å²) >= 11 is 0. The van der Waals surface area contributed by atoms with Crippen molar-refractivity contribution in [1.82, 2.24) is 10.6 Å². The standard InChI is InChI=1S/C15H31N3OS.HI/c1-5-16-15(17-11-12(3)4)18-13-8-7-9-14(10-13)20(19)6-2;/h12-14H,5-11H2,1-4H3,(H2,16,17,18);1H. The SMILES string of the molecule is CCNC(=NCC(C)C)NC1CCCC(S(=O)CC)C1.I. The summed E-state index contributed by atoms with van der Waals surface area (Å²) in [6, 6.07) is 0.411. The molecular weight excluding hydrogens is 397 g/mol. The van der Waals surface area contributed by atoms with Crippen LogP contribution in [0.25, 0.3) is 0 Å². The van der Waals surface area contributed by atoms with Crippen LogP contribution in [-0.2, 0) is 10.8 Å². The molecule has 0 heterocycles. The topological polar surface area (TPSA) is 53.5 Å². The number of halogens is 1. The molecule has 0 saturated heterocycles. The quantitative estimate of drug-likeness (QED) is 0.388. The van der Waals surface area contributed by atoms with Gasteiger partial charge in [0, 0.05) is 40.9 Å². The molecule has 3 atom stereocenters. The van der Waals surface area contributed by atoms with Crippen molar-refractivity contribution in [3.63, 3.8) is 0 Å². The van der Waals surface area contributed by atoms with Gasteiger partial charge in [-0.3, -0.25) is 9.20 Å². The summed E-state index contributed by atoms with van der Waals surface area (Å²) in [4.78, 5) is 4.62. The number of hydrogen-bond acceptors (Lipinski definition) is 2. The highest BCUT2D eigenvalue weighted by molar-refractivity contribution is 14.0. The van der Waals surface area contributed by atoms with Crippen LogP contribution >= 0.6 is 24.0 Å². The van der Waals surface area contributed by atoms with Crippen molar-refractivity contribution < 1.29 is 4.21 Å². The van der Waals surface area contributed by atoms with Crippen LogP contribution in [0.3, 0.4) is 0 Å². The highest BCUT2D eigenvalue weighted by Crippen LogP contribution is 2.22. The maximum atomic E-state index is 12.0. The molecule has 6 heteroatoms. The summed E-state index contributed by atoms with van der Waals surface area (Å²) in [6.07, 6.45) is 4.44. The van der Waals surface area contributed by atoms with E-state index in [1.165, 1.54) is 0 Å². The van der Waals surface area contributed by atoms with Gasteiger partial charge in [0.05, 0.1) is 0 Å². The summed E-state index contributed by atoms with van der Waals surface area (Å²) in [5.41, 5.74) is 0. The first-order valence-corrected chi connectivity index (χ1v) is 9.37. The Balaban J connectivity index is 0.00000400. The normalized spacial score (nSPS) is 24.3. The first-order chi connectivity index (χ1) is 9.56. The number of nitrogens with zero attached hydrogens (tertiary/aromatic N) is 1. The molecule has 0 aromatic heterocycles. The molecule has 1 aliphatic rings. The van der Waals surface area contributed by atoms with E-state index in [4.69, 9.17) is 0 Å². The van der Waals surface area contributed by atoms with E-state index < -0.39 is 10.8 Å². The van der Waals surface area contributed by atoms with Crippen molar-refractivity contribution >= 4 is 40.7 Å². The summed E-state index contributed by atoms with van der Waals surface area (Å²) < 4.78 is 12.0. The second kappa shape index (κ2) is 11.7. The lowest BCUT2D eigenvalue weighted by atomic mass is 9.95. The van der Waals surface area contributed by atoms with Crippen LogP contribution in [0, 0.1) is 5.92 Å². The molecule has 0 aromatic carbocycles. The molecule has 1 saturated carbocycles.